The summed E-state index contributed by atoms with van der Waals surface area (Å²) < 4.78 is 10.7. The van der Waals surface area contributed by atoms with E-state index < -0.39 is 11.9 Å². The maximum Gasteiger partial charge on any atom is 0.329 e. The van der Waals surface area contributed by atoms with Gasteiger partial charge in [-0.1, -0.05) is 24.3 Å². The fraction of sp³-hybridized carbons (Fsp3) is 0.105. The van der Waals surface area contributed by atoms with Gasteiger partial charge in [0.05, 0.1) is 24.8 Å². The maximum atomic E-state index is 12.9. The Labute approximate surface area is 159 Å². The largest absolute Gasteiger partial charge is 0.495 e. The van der Waals surface area contributed by atoms with E-state index in [1.807, 2.05) is 6.07 Å². The summed E-state index contributed by atoms with van der Waals surface area (Å²) in [5.41, 5.74) is 0.992. The molecule has 8 heteroatoms. The number of rotatable bonds is 5. The fourth-order valence-corrected chi connectivity index (χ4v) is 3.46. The molecule has 0 unspecified atom stereocenters. The van der Waals surface area contributed by atoms with Gasteiger partial charge in [0.2, 0.25) is 0 Å². The first kappa shape index (κ1) is 18.5. The zero-order chi connectivity index (χ0) is 19.4. The zero-order valence-electron chi connectivity index (χ0n) is 14.6. The predicted octanol–water partition coefficient (Wildman–Crippen LogP) is 3.44. The van der Waals surface area contributed by atoms with Crippen LogP contribution in [0.4, 0.5) is 11.4 Å². The first-order chi connectivity index (χ1) is 13.0. The molecule has 1 aliphatic heterocycles. The quantitative estimate of drug-likeness (QED) is 0.795. The molecular weight excluding hydrogens is 368 g/mol. The van der Waals surface area contributed by atoms with E-state index >= 15 is 0 Å². The van der Waals surface area contributed by atoms with Crippen LogP contribution in [0.15, 0.2) is 64.5 Å². The fourth-order valence-electron chi connectivity index (χ4n) is 2.51. The minimum Gasteiger partial charge on any atom is -0.495 e. The van der Waals surface area contributed by atoms with Crippen molar-refractivity contribution in [3.63, 3.8) is 0 Å². The molecule has 0 bridgehead atoms. The van der Waals surface area contributed by atoms with Crippen molar-refractivity contribution in [1.82, 2.24) is 0 Å². The number of aliphatic carboxylic acids is 1. The molecule has 0 atom stereocenters. The Bertz CT molecular complexity index is 955. The van der Waals surface area contributed by atoms with Crippen molar-refractivity contribution in [2.75, 3.05) is 19.1 Å². The summed E-state index contributed by atoms with van der Waals surface area (Å²) in [6, 6.07) is 14.1. The molecule has 1 saturated heterocycles. The summed E-state index contributed by atoms with van der Waals surface area (Å²) in [7, 11) is 3.03. The topological polar surface area (TPSA) is 88.4 Å². The molecule has 2 aromatic carbocycles. The van der Waals surface area contributed by atoms with Crippen molar-refractivity contribution in [1.29, 1.82) is 0 Å². The van der Waals surface area contributed by atoms with Crippen LogP contribution in [0.3, 0.4) is 0 Å². The smallest absolute Gasteiger partial charge is 0.329 e. The number of ether oxygens (including phenoxy) is 2. The van der Waals surface area contributed by atoms with Gasteiger partial charge in [-0.05, 0) is 36.0 Å². The lowest BCUT2D eigenvalue weighted by Gasteiger charge is -2.18. The minimum absolute atomic E-state index is 0.0575. The number of carboxylic acids is 1. The van der Waals surface area contributed by atoms with Crippen molar-refractivity contribution in [3.05, 3.63) is 59.5 Å². The molecule has 0 spiro atoms. The van der Waals surface area contributed by atoms with Gasteiger partial charge >= 0.3 is 5.97 Å². The zero-order valence-corrected chi connectivity index (χ0v) is 15.4. The van der Waals surface area contributed by atoms with Crippen LogP contribution in [0.25, 0.3) is 0 Å². The van der Waals surface area contributed by atoms with Gasteiger partial charge < -0.3 is 14.6 Å². The van der Waals surface area contributed by atoms with Crippen LogP contribution in [0.2, 0.25) is 0 Å². The van der Waals surface area contributed by atoms with E-state index in [9.17, 15) is 9.59 Å². The van der Waals surface area contributed by atoms with Gasteiger partial charge in [0.25, 0.3) is 5.91 Å². The summed E-state index contributed by atoms with van der Waals surface area (Å²) in [6.07, 6.45) is 0.875. The Kier molecular flexibility index (Phi) is 5.46. The number of benzene rings is 2. The highest BCUT2D eigenvalue weighted by molar-refractivity contribution is 8.19. The van der Waals surface area contributed by atoms with E-state index in [0.29, 0.717) is 28.0 Å². The van der Waals surface area contributed by atoms with Crippen LogP contribution < -0.4 is 14.4 Å². The number of nitrogens with zero attached hydrogens (tertiary/aromatic N) is 2. The van der Waals surface area contributed by atoms with Crippen LogP contribution in [0.5, 0.6) is 11.5 Å². The first-order valence-corrected chi connectivity index (χ1v) is 8.68. The van der Waals surface area contributed by atoms with Gasteiger partial charge in [-0.15, -0.1) is 0 Å². The van der Waals surface area contributed by atoms with Gasteiger partial charge in [-0.25, -0.2) is 9.79 Å². The Hall–Kier alpha value is -3.26. The number of carbonyl (C=O) groups is 2. The Morgan fingerprint density at radius 1 is 1.07 bits per heavy atom. The monoisotopic (exact) mass is 384 g/mol. The number of carboxylic acid groups (broad SMARTS) is 1. The second kappa shape index (κ2) is 7.96. The number of carbonyl (C=O) groups excluding carboxylic acids is 1. The summed E-state index contributed by atoms with van der Waals surface area (Å²) in [5.74, 6) is -0.686. The van der Waals surface area contributed by atoms with Gasteiger partial charge in [0.15, 0.2) is 5.17 Å². The highest BCUT2D eigenvalue weighted by Gasteiger charge is 2.36. The number of thioether (sulfide) groups is 1. The number of anilines is 1. The highest BCUT2D eigenvalue weighted by atomic mass is 32.2. The van der Waals surface area contributed by atoms with E-state index in [1.165, 1.54) is 19.1 Å². The molecule has 0 aromatic heterocycles. The normalized spacial score (nSPS) is 16.8. The number of hydrogen-bond donors (Lipinski definition) is 1. The van der Waals surface area contributed by atoms with Gasteiger partial charge in [-0.2, -0.15) is 0 Å². The second-order valence-electron chi connectivity index (χ2n) is 5.33. The molecule has 0 saturated carbocycles. The number of para-hydroxylation sites is 4. The Balaban J connectivity index is 2.15. The molecule has 0 radical (unpaired) electrons. The third kappa shape index (κ3) is 3.80. The average molecular weight is 384 g/mol. The van der Waals surface area contributed by atoms with Crippen LogP contribution in [0, 0.1) is 0 Å². The van der Waals surface area contributed by atoms with Crippen LogP contribution in [-0.2, 0) is 9.59 Å². The lowest BCUT2D eigenvalue weighted by atomic mass is 10.2. The van der Waals surface area contributed by atoms with Crippen molar-refractivity contribution in [2.45, 2.75) is 0 Å². The van der Waals surface area contributed by atoms with E-state index in [2.05, 4.69) is 4.99 Å². The van der Waals surface area contributed by atoms with Crippen LogP contribution in [0.1, 0.15) is 0 Å². The summed E-state index contributed by atoms with van der Waals surface area (Å²) in [6.45, 7) is 0. The third-order valence-electron chi connectivity index (χ3n) is 3.69. The van der Waals surface area contributed by atoms with Crippen molar-refractivity contribution in [2.24, 2.45) is 4.99 Å². The molecule has 7 nitrogen and oxygen atoms in total. The minimum atomic E-state index is -1.20. The van der Waals surface area contributed by atoms with E-state index in [0.717, 1.165) is 17.8 Å². The van der Waals surface area contributed by atoms with Gasteiger partial charge in [-0.3, -0.25) is 9.69 Å². The van der Waals surface area contributed by atoms with Crippen LogP contribution in [-0.4, -0.2) is 36.4 Å². The van der Waals surface area contributed by atoms with Gasteiger partial charge in [0, 0.05) is 6.08 Å². The molecule has 0 aliphatic carbocycles. The molecule has 1 heterocycles. The van der Waals surface area contributed by atoms with E-state index in [1.54, 1.807) is 42.5 Å². The number of hydrogen-bond acceptors (Lipinski definition) is 6. The lowest BCUT2D eigenvalue weighted by molar-refractivity contribution is -0.131. The summed E-state index contributed by atoms with van der Waals surface area (Å²) in [5, 5.41) is 9.37. The maximum absolute atomic E-state index is 12.9. The summed E-state index contributed by atoms with van der Waals surface area (Å²) >= 11 is 0.979. The van der Waals surface area contributed by atoms with E-state index in [4.69, 9.17) is 14.6 Å². The second-order valence-corrected chi connectivity index (χ2v) is 6.34. The van der Waals surface area contributed by atoms with Crippen molar-refractivity contribution in [3.8, 4) is 11.5 Å². The number of methoxy groups -OCH3 is 2. The van der Waals surface area contributed by atoms with Crippen molar-refractivity contribution < 1.29 is 24.2 Å². The van der Waals surface area contributed by atoms with E-state index in [-0.39, 0.29) is 4.91 Å². The molecule has 1 N–H and O–H groups in total. The molecule has 138 valence electrons. The van der Waals surface area contributed by atoms with Gasteiger partial charge in [0.1, 0.15) is 17.2 Å². The highest BCUT2D eigenvalue weighted by Crippen LogP contribution is 2.40. The SMILES string of the molecule is COc1ccccc1/N=C1/S/C(=C\C(=O)O)C(=O)N1c1ccccc1OC. The average Bonchev–Trinajstić information content (AvgIpc) is 2.96. The lowest BCUT2D eigenvalue weighted by Crippen LogP contribution is -2.29. The molecule has 1 amide bonds. The Morgan fingerprint density at radius 2 is 1.70 bits per heavy atom. The molecular formula is C19H16N2O5S. The molecule has 1 aliphatic rings. The van der Waals surface area contributed by atoms with Crippen LogP contribution >= 0.6 is 11.8 Å². The molecule has 27 heavy (non-hydrogen) atoms. The number of amidine groups is 1. The molecule has 1 fully saturated rings. The summed E-state index contributed by atoms with van der Waals surface area (Å²) in [4.78, 5) is 29.9. The number of amides is 1. The Morgan fingerprint density at radius 3 is 2.37 bits per heavy atom. The predicted molar refractivity (Wildman–Crippen MR) is 104 cm³/mol. The standard InChI is InChI=1S/C19H16N2O5S/c1-25-14-9-5-3-7-12(14)20-19-21(13-8-4-6-10-15(13)26-2)18(24)16(27-19)11-17(22)23/h3-11H,1-2H3,(H,22,23)/b16-11-,20-19+. The third-order valence-corrected chi connectivity index (χ3v) is 4.66. The first-order valence-electron chi connectivity index (χ1n) is 7.86. The molecule has 3 rings (SSSR count). The molecule has 2 aromatic rings. The number of aliphatic imine (C=N–C) groups is 1. The van der Waals surface area contributed by atoms with Crippen molar-refractivity contribution >= 4 is 40.2 Å².